The normalized spacial score (nSPS) is 32.7. The van der Waals surface area contributed by atoms with E-state index in [1.54, 1.807) is 0 Å². The van der Waals surface area contributed by atoms with Crippen molar-refractivity contribution in [1.29, 1.82) is 0 Å². The molecule has 1 fully saturated rings. The molecule has 0 saturated heterocycles. The number of thiophene rings is 1. The van der Waals surface area contributed by atoms with Crippen LogP contribution in [0.5, 0.6) is 0 Å². The zero-order valence-corrected chi connectivity index (χ0v) is 10.9. The molecule has 1 N–H and O–H groups in total. The van der Waals surface area contributed by atoms with Gasteiger partial charge in [0.2, 0.25) is 0 Å². The van der Waals surface area contributed by atoms with Crippen molar-refractivity contribution in [3.8, 4) is 0 Å². The van der Waals surface area contributed by atoms with Gasteiger partial charge in [-0.25, -0.2) is 0 Å². The van der Waals surface area contributed by atoms with Gasteiger partial charge in [0, 0.05) is 21.9 Å². The largest absolute Gasteiger partial charge is 0.308 e. The highest BCUT2D eigenvalue weighted by molar-refractivity contribution is 9.10. The van der Waals surface area contributed by atoms with Crippen LogP contribution >= 0.6 is 27.3 Å². The molecule has 0 spiro atoms. The summed E-state index contributed by atoms with van der Waals surface area (Å²) in [7, 11) is 0. The molecule has 1 nitrogen and oxygen atoms in total. The number of hydrogen-bond acceptors (Lipinski definition) is 2. The first kappa shape index (κ1) is 10.1. The molecule has 1 aromatic heterocycles. The Morgan fingerprint density at radius 3 is 3.20 bits per heavy atom. The van der Waals surface area contributed by atoms with Crippen LogP contribution < -0.4 is 5.32 Å². The molecule has 0 radical (unpaired) electrons. The molecule has 3 atom stereocenters. The molecule has 1 aromatic rings. The molecular weight excluding hydrogens is 270 g/mol. The quantitative estimate of drug-likeness (QED) is 0.837. The van der Waals surface area contributed by atoms with Crippen molar-refractivity contribution in [3.05, 3.63) is 32.9 Å². The monoisotopic (exact) mass is 283 g/mol. The van der Waals surface area contributed by atoms with Gasteiger partial charge in [0.05, 0.1) is 0 Å². The highest BCUT2D eigenvalue weighted by Gasteiger charge is 2.40. The molecule has 1 saturated carbocycles. The lowest BCUT2D eigenvalue weighted by Gasteiger charge is -2.40. The smallest absolute Gasteiger partial charge is 0.0327 e. The highest BCUT2D eigenvalue weighted by Crippen LogP contribution is 2.42. The number of rotatable bonds is 3. The fourth-order valence-corrected chi connectivity index (χ4v) is 4.07. The summed E-state index contributed by atoms with van der Waals surface area (Å²) >= 11 is 5.39. The van der Waals surface area contributed by atoms with E-state index in [1.165, 1.54) is 22.2 Å². The lowest BCUT2D eigenvalue weighted by Crippen LogP contribution is -2.47. The first-order valence-electron chi connectivity index (χ1n) is 5.46. The first-order valence-corrected chi connectivity index (χ1v) is 7.14. The standard InChI is InChI=1S/C12H14BrNS/c13-10-4-5-15-12(10)7-14-11-6-8-2-1-3-9(8)11/h1,3-5,8-9,11,14H,2,6-7H2. The summed E-state index contributed by atoms with van der Waals surface area (Å²) in [5, 5.41) is 5.80. The van der Waals surface area contributed by atoms with Crippen LogP contribution in [-0.2, 0) is 6.54 Å². The van der Waals surface area contributed by atoms with Gasteiger partial charge in [-0.15, -0.1) is 11.3 Å². The average Bonchev–Trinajstić information content (AvgIpc) is 2.75. The predicted molar refractivity (Wildman–Crippen MR) is 68.0 cm³/mol. The van der Waals surface area contributed by atoms with Crippen molar-refractivity contribution in [2.24, 2.45) is 11.8 Å². The molecule has 80 valence electrons. The number of fused-ring (bicyclic) bond motifs is 1. The molecule has 15 heavy (non-hydrogen) atoms. The van der Waals surface area contributed by atoms with Crippen molar-refractivity contribution in [1.82, 2.24) is 5.32 Å². The van der Waals surface area contributed by atoms with E-state index in [9.17, 15) is 0 Å². The van der Waals surface area contributed by atoms with Crippen LogP contribution in [0.3, 0.4) is 0 Å². The SMILES string of the molecule is Brc1ccsc1CNC1CC2CC=CC21. The van der Waals surface area contributed by atoms with Crippen LogP contribution in [0.25, 0.3) is 0 Å². The molecule has 0 aliphatic heterocycles. The zero-order chi connectivity index (χ0) is 10.3. The molecule has 0 amide bonds. The van der Waals surface area contributed by atoms with Crippen molar-refractivity contribution >= 4 is 27.3 Å². The maximum Gasteiger partial charge on any atom is 0.0327 e. The van der Waals surface area contributed by atoms with E-state index in [-0.39, 0.29) is 0 Å². The maximum absolute atomic E-state index is 3.66. The van der Waals surface area contributed by atoms with Gasteiger partial charge >= 0.3 is 0 Å². The molecule has 0 aromatic carbocycles. The van der Waals surface area contributed by atoms with E-state index in [0.717, 1.165) is 24.4 Å². The van der Waals surface area contributed by atoms with Gasteiger partial charge < -0.3 is 5.32 Å². The van der Waals surface area contributed by atoms with E-state index in [2.05, 4.69) is 44.8 Å². The van der Waals surface area contributed by atoms with E-state index in [0.29, 0.717) is 0 Å². The minimum atomic E-state index is 0.725. The van der Waals surface area contributed by atoms with Gasteiger partial charge in [0.25, 0.3) is 0 Å². The Balaban J connectivity index is 1.55. The van der Waals surface area contributed by atoms with Crippen molar-refractivity contribution in [3.63, 3.8) is 0 Å². The van der Waals surface area contributed by atoms with Gasteiger partial charge in [0.1, 0.15) is 0 Å². The summed E-state index contributed by atoms with van der Waals surface area (Å²) < 4.78 is 1.25. The molecule has 0 bridgehead atoms. The van der Waals surface area contributed by atoms with Crippen LogP contribution in [0, 0.1) is 11.8 Å². The minimum Gasteiger partial charge on any atom is -0.308 e. The second-order valence-corrected chi connectivity index (χ2v) is 6.27. The van der Waals surface area contributed by atoms with E-state index in [4.69, 9.17) is 0 Å². The molecule has 2 aliphatic rings. The van der Waals surface area contributed by atoms with Crippen LogP contribution in [0.15, 0.2) is 28.1 Å². The molecular formula is C12H14BrNS. The average molecular weight is 284 g/mol. The number of hydrogen-bond donors (Lipinski definition) is 1. The fourth-order valence-electron chi connectivity index (χ4n) is 2.62. The Morgan fingerprint density at radius 2 is 2.47 bits per heavy atom. The first-order chi connectivity index (χ1) is 7.34. The van der Waals surface area contributed by atoms with E-state index >= 15 is 0 Å². The Morgan fingerprint density at radius 1 is 1.53 bits per heavy atom. The topological polar surface area (TPSA) is 12.0 Å². The number of allylic oxidation sites excluding steroid dienone is 1. The Labute approximate surface area is 103 Å². The van der Waals surface area contributed by atoms with Gasteiger partial charge in [-0.1, -0.05) is 12.2 Å². The number of nitrogens with one attached hydrogen (secondary N) is 1. The minimum absolute atomic E-state index is 0.725. The molecule has 3 heteroatoms. The molecule has 3 unspecified atom stereocenters. The predicted octanol–water partition coefficient (Wildman–Crippen LogP) is 3.56. The third-order valence-electron chi connectivity index (χ3n) is 3.58. The van der Waals surface area contributed by atoms with Crippen molar-refractivity contribution in [2.75, 3.05) is 0 Å². The summed E-state index contributed by atoms with van der Waals surface area (Å²) in [6, 6.07) is 2.85. The van der Waals surface area contributed by atoms with Gasteiger partial charge in [0.15, 0.2) is 0 Å². The second-order valence-electron chi connectivity index (χ2n) is 4.42. The van der Waals surface area contributed by atoms with Crippen molar-refractivity contribution < 1.29 is 0 Å². The lowest BCUT2D eigenvalue weighted by molar-refractivity contribution is 0.162. The molecule has 2 aliphatic carbocycles. The zero-order valence-electron chi connectivity index (χ0n) is 8.45. The summed E-state index contributed by atoms with van der Waals surface area (Å²) in [4.78, 5) is 1.42. The van der Waals surface area contributed by atoms with Crippen LogP contribution in [0.4, 0.5) is 0 Å². The Kier molecular flexibility index (Phi) is 2.71. The lowest BCUT2D eigenvalue weighted by atomic mass is 9.71. The van der Waals surface area contributed by atoms with Crippen LogP contribution in [0.2, 0.25) is 0 Å². The molecule has 1 heterocycles. The van der Waals surface area contributed by atoms with E-state index < -0.39 is 0 Å². The number of halogens is 1. The van der Waals surface area contributed by atoms with Gasteiger partial charge in [-0.2, -0.15) is 0 Å². The van der Waals surface area contributed by atoms with Crippen LogP contribution in [-0.4, -0.2) is 6.04 Å². The fraction of sp³-hybridized carbons (Fsp3) is 0.500. The summed E-state index contributed by atoms with van der Waals surface area (Å²) in [6.07, 6.45) is 7.42. The third kappa shape index (κ3) is 1.81. The Hall–Kier alpha value is -0.120. The van der Waals surface area contributed by atoms with Crippen molar-refractivity contribution in [2.45, 2.75) is 25.4 Å². The highest BCUT2D eigenvalue weighted by atomic mass is 79.9. The summed E-state index contributed by atoms with van der Waals surface area (Å²) in [5.74, 6) is 1.78. The Bertz CT molecular complexity index is 385. The second kappa shape index (κ2) is 4.04. The van der Waals surface area contributed by atoms with Gasteiger partial charge in [-0.05, 0) is 52.1 Å². The maximum atomic E-state index is 3.66. The van der Waals surface area contributed by atoms with Gasteiger partial charge in [-0.3, -0.25) is 0 Å². The molecule has 3 rings (SSSR count). The summed E-state index contributed by atoms with van der Waals surface area (Å²) in [6.45, 7) is 1.01. The third-order valence-corrected chi connectivity index (χ3v) is 5.50. The summed E-state index contributed by atoms with van der Waals surface area (Å²) in [5.41, 5.74) is 0. The van der Waals surface area contributed by atoms with E-state index in [1.807, 2.05) is 11.3 Å². The van der Waals surface area contributed by atoms with Crippen LogP contribution in [0.1, 0.15) is 17.7 Å².